The van der Waals surface area contributed by atoms with Gasteiger partial charge in [-0.1, -0.05) is 0 Å². The van der Waals surface area contributed by atoms with Crippen molar-refractivity contribution in [1.29, 1.82) is 0 Å². The summed E-state index contributed by atoms with van der Waals surface area (Å²) in [5.41, 5.74) is 0. The van der Waals surface area contributed by atoms with Crippen molar-refractivity contribution in [3.8, 4) is 11.5 Å². The van der Waals surface area contributed by atoms with E-state index in [1.807, 2.05) is 0 Å². The Balaban J connectivity index is 2.76. The highest BCUT2D eigenvalue weighted by Crippen LogP contribution is 2.37. The maximum absolute atomic E-state index is 13.9. The summed E-state index contributed by atoms with van der Waals surface area (Å²) in [6.45, 7) is 0. The maximum atomic E-state index is 13.9. The van der Waals surface area contributed by atoms with Crippen molar-refractivity contribution in [1.82, 2.24) is 0 Å². The third-order valence-corrected chi connectivity index (χ3v) is 3.57. The summed E-state index contributed by atoms with van der Waals surface area (Å²) in [6, 6.07) is 2.81. The van der Waals surface area contributed by atoms with E-state index in [2.05, 4.69) is 0 Å². The molecular weight excluding hydrogens is 246 g/mol. The van der Waals surface area contributed by atoms with E-state index in [1.54, 1.807) is 0 Å². The van der Waals surface area contributed by atoms with Crippen molar-refractivity contribution in [2.75, 3.05) is 14.2 Å². The van der Waals surface area contributed by atoms with Gasteiger partial charge in [0.2, 0.25) is 0 Å². The van der Waals surface area contributed by atoms with Gasteiger partial charge in [0.15, 0.2) is 11.6 Å². The molecule has 0 bridgehead atoms. The molecule has 7 heteroatoms. The second kappa shape index (κ2) is 4.52. The molecule has 17 heavy (non-hydrogen) atoms. The van der Waals surface area contributed by atoms with Crippen LogP contribution < -0.4 is 14.3 Å². The first-order valence-electron chi connectivity index (χ1n) is 4.78. The number of hydrogen-bond acceptors (Lipinski definition) is 5. The van der Waals surface area contributed by atoms with Gasteiger partial charge in [0, 0.05) is 16.2 Å². The number of halogens is 1. The zero-order valence-corrected chi connectivity index (χ0v) is 10.0. The Morgan fingerprint density at radius 3 is 2.35 bits per heavy atom. The minimum atomic E-state index is -1.62. The third-order valence-electron chi connectivity index (χ3n) is 2.38. The lowest BCUT2D eigenvalue weighted by Gasteiger charge is -2.06. The molecule has 0 atom stereocenters. The average Bonchev–Trinajstić information content (AvgIpc) is 2.75. The fourth-order valence-corrected chi connectivity index (χ4v) is 2.58. The second-order valence-corrected chi connectivity index (χ2v) is 4.44. The van der Waals surface area contributed by atoms with Crippen LogP contribution in [0.4, 0.5) is 4.39 Å². The highest BCUT2D eigenvalue weighted by molar-refractivity contribution is 7.28. The zero-order valence-electron chi connectivity index (χ0n) is 9.23. The largest absolute Gasteiger partial charge is 0.499 e. The van der Waals surface area contributed by atoms with E-state index in [4.69, 9.17) is 19.5 Å². The fraction of sp³-hybridized carbons (Fsp3) is 0.200. The van der Waals surface area contributed by atoms with Crippen LogP contribution in [-0.4, -0.2) is 31.4 Å². The van der Waals surface area contributed by atoms with Crippen LogP contribution in [0.15, 0.2) is 12.1 Å². The number of thiophene rings is 1. The Morgan fingerprint density at radius 2 is 1.82 bits per heavy atom. The Labute approximate surface area is 101 Å². The van der Waals surface area contributed by atoms with E-state index in [9.17, 15) is 4.39 Å². The smallest absolute Gasteiger partial charge is 0.495 e. The summed E-state index contributed by atoms with van der Waals surface area (Å²) < 4.78 is 24.7. The molecule has 4 nitrogen and oxygen atoms in total. The van der Waals surface area contributed by atoms with Crippen molar-refractivity contribution < 1.29 is 23.9 Å². The van der Waals surface area contributed by atoms with Crippen LogP contribution in [0.1, 0.15) is 0 Å². The molecule has 0 aliphatic heterocycles. The third kappa shape index (κ3) is 1.97. The Kier molecular flexibility index (Phi) is 3.23. The fourth-order valence-electron chi connectivity index (χ4n) is 1.56. The van der Waals surface area contributed by atoms with Crippen LogP contribution in [0.25, 0.3) is 10.1 Å². The molecule has 0 aliphatic rings. The summed E-state index contributed by atoms with van der Waals surface area (Å²) in [7, 11) is 1.20. The van der Waals surface area contributed by atoms with E-state index in [0.717, 1.165) is 11.3 Å². The van der Waals surface area contributed by atoms with Crippen molar-refractivity contribution in [2.24, 2.45) is 0 Å². The van der Waals surface area contributed by atoms with Gasteiger partial charge in [-0.3, -0.25) is 0 Å². The van der Waals surface area contributed by atoms with Gasteiger partial charge >= 0.3 is 7.12 Å². The predicted octanol–water partition coefficient (Wildman–Crippen LogP) is 0.737. The predicted molar refractivity (Wildman–Crippen MR) is 64.7 cm³/mol. The van der Waals surface area contributed by atoms with Gasteiger partial charge < -0.3 is 19.5 Å². The molecule has 0 fully saturated rings. The number of ether oxygens (including phenoxy) is 2. The number of methoxy groups -OCH3 is 2. The van der Waals surface area contributed by atoms with E-state index in [-0.39, 0.29) is 15.9 Å². The first kappa shape index (κ1) is 12.2. The maximum Gasteiger partial charge on any atom is 0.499 e. The van der Waals surface area contributed by atoms with Crippen molar-refractivity contribution >= 4 is 33.3 Å². The quantitative estimate of drug-likeness (QED) is 0.795. The van der Waals surface area contributed by atoms with E-state index < -0.39 is 12.9 Å². The molecule has 1 aromatic heterocycles. The van der Waals surface area contributed by atoms with Crippen LogP contribution >= 0.6 is 11.3 Å². The summed E-state index contributed by atoms with van der Waals surface area (Å²) in [5, 5.41) is 18.4. The van der Waals surface area contributed by atoms with Gasteiger partial charge in [0.05, 0.1) is 18.9 Å². The van der Waals surface area contributed by atoms with Crippen LogP contribution in [0.3, 0.4) is 0 Å². The second-order valence-electron chi connectivity index (χ2n) is 3.36. The Hall–Kier alpha value is -1.31. The van der Waals surface area contributed by atoms with E-state index >= 15 is 0 Å². The summed E-state index contributed by atoms with van der Waals surface area (Å²) in [6.07, 6.45) is 0. The molecule has 0 radical (unpaired) electrons. The highest BCUT2D eigenvalue weighted by atomic mass is 32.1. The minimum Gasteiger partial charge on any atom is -0.495 e. The molecule has 0 saturated carbocycles. The zero-order chi connectivity index (χ0) is 12.6. The topological polar surface area (TPSA) is 58.9 Å². The number of hydrogen-bond donors (Lipinski definition) is 2. The first-order chi connectivity index (χ1) is 8.08. The molecule has 2 N–H and O–H groups in total. The lowest BCUT2D eigenvalue weighted by atomic mass is 9.89. The lowest BCUT2D eigenvalue weighted by Crippen LogP contribution is -2.26. The standard InChI is InChI=1S/C10H10BFO4S/c1-15-6-4-7(16-2)10-5(9(6)12)3-8(17-10)11(13)14/h3-4,13-14H,1-2H3. The van der Waals surface area contributed by atoms with Gasteiger partial charge in [-0.05, 0) is 6.07 Å². The van der Waals surface area contributed by atoms with Crippen LogP contribution in [0.5, 0.6) is 11.5 Å². The van der Waals surface area contributed by atoms with E-state index in [0.29, 0.717) is 10.4 Å². The first-order valence-corrected chi connectivity index (χ1v) is 5.60. The van der Waals surface area contributed by atoms with Crippen LogP contribution in [0.2, 0.25) is 0 Å². The number of rotatable bonds is 3. The molecule has 0 aliphatic carbocycles. The minimum absolute atomic E-state index is 0.0612. The average molecular weight is 256 g/mol. The molecule has 0 unspecified atom stereocenters. The summed E-state index contributed by atoms with van der Waals surface area (Å²) in [5.74, 6) is -0.0345. The van der Waals surface area contributed by atoms with E-state index in [1.165, 1.54) is 26.4 Å². The number of benzene rings is 1. The lowest BCUT2D eigenvalue weighted by molar-refractivity contribution is 0.378. The number of fused-ring (bicyclic) bond motifs is 1. The summed E-state index contributed by atoms with van der Waals surface area (Å²) >= 11 is 1.07. The molecule has 1 heterocycles. The van der Waals surface area contributed by atoms with Crippen LogP contribution in [-0.2, 0) is 0 Å². The molecule has 90 valence electrons. The molecule has 2 aromatic rings. The van der Waals surface area contributed by atoms with Gasteiger partial charge in [-0.2, -0.15) is 0 Å². The van der Waals surface area contributed by atoms with Crippen molar-refractivity contribution in [2.45, 2.75) is 0 Å². The van der Waals surface area contributed by atoms with Gasteiger partial charge in [-0.25, -0.2) is 4.39 Å². The molecule has 0 spiro atoms. The van der Waals surface area contributed by atoms with Crippen LogP contribution in [0, 0.1) is 5.82 Å². The molecule has 1 aromatic carbocycles. The van der Waals surface area contributed by atoms with Gasteiger partial charge in [0.25, 0.3) is 0 Å². The van der Waals surface area contributed by atoms with Crippen molar-refractivity contribution in [3.05, 3.63) is 17.9 Å². The SMILES string of the molecule is COc1cc(OC)c2sc(B(O)O)cc2c1F. The highest BCUT2D eigenvalue weighted by Gasteiger charge is 2.21. The molecule has 0 amide bonds. The van der Waals surface area contributed by atoms with Gasteiger partial charge in [0.1, 0.15) is 5.75 Å². The molecule has 2 rings (SSSR count). The monoisotopic (exact) mass is 256 g/mol. The molecule has 0 saturated heterocycles. The molecular formula is C10H10BFO4S. The Morgan fingerprint density at radius 1 is 1.18 bits per heavy atom. The summed E-state index contributed by atoms with van der Waals surface area (Å²) in [4.78, 5) is 0. The van der Waals surface area contributed by atoms with Crippen molar-refractivity contribution in [3.63, 3.8) is 0 Å². The van der Waals surface area contributed by atoms with Gasteiger partial charge in [-0.15, -0.1) is 11.3 Å². The normalized spacial score (nSPS) is 10.6. The Bertz CT molecular complexity index is 555.